The van der Waals surface area contributed by atoms with E-state index in [-0.39, 0.29) is 11.9 Å². The van der Waals surface area contributed by atoms with Gasteiger partial charge in [-0.15, -0.1) is 0 Å². The van der Waals surface area contributed by atoms with Crippen LogP contribution in [0, 0.1) is 0 Å². The molecule has 15 heavy (non-hydrogen) atoms. The fourth-order valence-electron chi connectivity index (χ4n) is 1.48. The molecule has 1 unspecified atom stereocenters. The van der Waals surface area contributed by atoms with E-state index in [1.165, 1.54) is 6.07 Å². The summed E-state index contributed by atoms with van der Waals surface area (Å²) in [5.74, 6) is 0.0733. The number of alkyl halides is 3. The monoisotopic (exact) mass is 218 g/mol. The molecule has 1 N–H and O–H groups in total. The van der Waals surface area contributed by atoms with Crippen molar-refractivity contribution in [2.75, 3.05) is 13.7 Å². The lowest BCUT2D eigenvalue weighted by Crippen LogP contribution is -2.17. The van der Waals surface area contributed by atoms with E-state index in [1.54, 1.807) is 7.05 Å². The Bertz CT molecular complexity index is 378. The first kappa shape index (κ1) is 10.2. The summed E-state index contributed by atoms with van der Waals surface area (Å²) in [5, 5.41) is 2.93. The van der Waals surface area contributed by atoms with Gasteiger partial charge in [0, 0.05) is 5.56 Å². The first-order chi connectivity index (χ1) is 7.02. The number of aromatic nitrogens is 1. The Morgan fingerprint density at radius 3 is 2.80 bits per heavy atom. The Balaban J connectivity index is 2.37. The second-order valence-electron chi connectivity index (χ2n) is 3.24. The zero-order valence-electron chi connectivity index (χ0n) is 7.93. The number of pyridine rings is 1. The molecule has 0 amide bonds. The van der Waals surface area contributed by atoms with Gasteiger partial charge in [-0.05, 0) is 19.2 Å². The van der Waals surface area contributed by atoms with Crippen molar-refractivity contribution in [1.82, 2.24) is 10.3 Å². The average Bonchev–Trinajstić information content (AvgIpc) is 2.58. The van der Waals surface area contributed by atoms with Gasteiger partial charge in [-0.1, -0.05) is 0 Å². The minimum absolute atomic E-state index is 0.0733. The molecule has 0 bridgehead atoms. The Morgan fingerprint density at radius 1 is 1.47 bits per heavy atom. The summed E-state index contributed by atoms with van der Waals surface area (Å²) in [4.78, 5) is 3.44. The smallest absolute Gasteiger partial charge is 0.433 e. The number of nitrogens with zero attached hydrogens (tertiary/aromatic N) is 1. The van der Waals surface area contributed by atoms with Crippen LogP contribution in [0.15, 0.2) is 12.1 Å². The normalized spacial score (nSPS) is 19.9. The molecule has 1 aliphatic heterocycles. The zero-order chi connectivity index (χ0) is 11.1. The SMILES string of the molecule is CNC1COc2nc(C(F)(F)F)ccc21. The lowest BCUT2D eigenvalue weighted by Gasteiger charge is -2.08. The van der Waals surface area contributed by atoms with Crippen LogP contribution in [0.2, 0.25) is 0 Å². The first-order valence-electron chi connectivity index (χ1n) is 4.40. The largest absolute Gasteiger partial charge is 0.475 e. The second kappa shape index (κ2) is 3.37. The molecule has 82 valence electrons. The summed E-state index contributed by atoms with van der Waals surface area (Å²) in [7, 11) is 1.72. The Labute approximate surface area is 84.3 Å². The third kappa shape index (κ3) is 1.77. The van der Waals surface area contributed by atoms with Crippen LogP contribution in [-0.2, 0) is 6.18 Å². The molecule has 0 spiro atoms. The van der Waals surface area contributed by atoms with Crippen LogP contribution in [-0.4, -0.2) is 18.6 Å². The molecule has 1 atom stereocenters. The lowest BCUT2D eigenvalue weighted by molar-refractivity contribution is -0.141. The summed E-state index contributed by atoms with van der Waals surface area (Å²) in [6, 6.07) is 2.30. The van der Waals surface area contributed by atoms with Gasteiger partial charge in [-0.2, -0.15) is 13.2 Å². The number of hydrogen-bond acceptors (Lipinski definition) is 3. The molecule has 0 aliphatic carbocycles. The maximum absolute atomic E-state index is 12.3. The number of halogens is 3. The van der Waals surface area contributed by atoms with Crippen molar-refractivity contribution in [2.45, 2.75) is 12.2 Å². The van der Waals surface area contributed by atoms with Crippen molar-refractivity contribution in [3.05, 3.63) is 23.4 Å². The van der Waals surface area contributed by atoms with Gasteiger partial charge in [0.2, 0.25) is 5.88 Å². The van der Waals surface area contributed by atoms with Crippen LogP contribution in [0.3, 0.4) is 0 Å². The van der Waals surface area contributed by atoms with E-state index in [4.69, 9.17) is 4.74 Å². The molecule has 2 heterocycles. The molecule has 1 aromatic rings. The summed E-state index contributed by atoms with van der Waals surface area (Å²) in [6.45, 7) is 0.320. The van der Waals surface area contributed by atoms with Gasteiger partial charge in [0.15, 0.2) is 0 Å². The summed E-state index contributed by atoms with van der Waals surface area (Å²) < 4.78 is 42.0. The fraction of sp³-hybridized carbons (Fsp3) is 0.444. The van der Waals surface area contributed by atoms with Crippen LogP contribution in [0.5, 0.6) is 5.88 Å². The van der Waals surface area contributed by atoms with Gasteiger partial charge in [0.05, 0.1) is 6.04 Å². The molecular formula is C9H9F3N2O. The van der Waals surface area contributed by atoms with Crippen molar-refractivity contribution in [3.63, 3.8) is 0 Å². The topological polar surface area (TPSA) is 34.1 Å². The van der Waals surface area contributed by atoms with Crippen LogP contribution in [0.4, 0.5) is 13.2 Å². The number of hydrogen-bond donors (Lipinski definition) is 1. The highest BCUT2D eigenvalue weighted by Crippen LogP contribution is 2.35. The molecule has 1 aliphatic rings. The highest BCUT2D eigenvalue weighted by molar-refractivity contribution is 5.35. The minimum atomic E-state index is -4.42. The third-order valence-electron chi connectivity index (χ3n) is 2.29. The van der Waals surface area contributed by atoms with Gasteiger partial charge in [-0.25, -0.2) is 4.98 Å². The van der Waals surface area contributed by atoms with E-state index in [2.05, 4.69) is 10.3 Å². The highest BCUT2D eigenvalue weighted by Gasteiger charge is 2.35. The predicted octanol–water partition coefficient (Wildman–Crippen LogP) is 1.75. The molecule has 0 saturated carbocycles. The Morgan fingerprint density at radius 2 is 2.20 bits per heavy atom. The van der Waals surface area contributed by atoms with E-state index in [9.17, 15) is 13.2 Å². The lowest BCUT2D eigenvalue weighted by atomic mass is 10.1. The molecule has 0 aromatic carbocycles. The highest BCUT2D eigenvalue weighted by atomic mass is 19.4. The number of ether oxygens (including phenoxy) is 1. The van der Waals surface area contributed by atoms with E-state index < -0.39 is 11.9 Å². The standard InChI is InChI=1S/C9H9F3N2O/c1-13-6-4-15-8-5(6)2-3-7(14-8)9(10,11)12/h2-3,6,13H,4H2,1H3. The van der Waals surface area contributed by atoms with E-state index in [0.29, 0.717) is 12.2 Å². The number of likely N-dealkylation sites (N-methyl/N-ethyl adjacent to an activating group) is 1. The molecule has 0 fully saturated rings. The molecule has 6 heteroatoms. The maximum atomic E-state index is 12.3. The molecule has 2 rings (SSSR count). The summed E-state index contributed by atoms with van der Waals surface area (Å²) >= 11 is 0. The van der Waals surface area contributed by atoms with Gasteiger partial charge in [-0.3, -0.25) is 0 Å². The zero-order valence-corrected chi connectivity index (χ0v) is 7.93. The average molecular weight is 218 g/mol. The van der Waals surface area contributed by atoms with Gasteiger partial charge < -0.3 is 10.1 Å². The summed E-state index contributed by atoms with van der Waals surface area (Å²) in [6.07, 6.45) is -4.42. The number of fused-ring (bicyclic) bond motifs is 1. The van der Waals surface area contributed by atoms with Crippen LogP contribution in [0.1, 0.15) is 17.3 Å². The van der Waals surface area contributed by atoms with Crippen molar-refractivity contribution in [2.24, 2.45) is 0 Å². The predicted molar refractivity (Wildman–Crippen MR) is 46.5 cm³/mol. The Hall–Kier alpha value is -1.30. The van der Waals surface area contributed by atoms with E-state index in [1.807, 2.05) is 0 Å². The van der Waals surface area contributed by atoms with Gasteiger partial charge in [0.25, 0.3) is 0 Å². The molecular weight excluding hydrogens is 209 g/mol. The maximum Gasteiger partial charge on any atom is 0.433 e. The minimum Gasteiger partial charge on any atom is -0.475 e. The third-order valence-corrected chi connectivity index (χ3v) is 2.29. The first-order valence-corrected chi connectivity index (χ1v) is 4.40. The second-order valence-corrected chi connectivity index (χ2v) is 3.24. The van der Waals surface area contributed by atoms with Gasteiger partial charge >= 0.3 is 6.18 Å². The van der Waals surface area contributed by atoms with E-state index >= 15 is 0 Å². The van der Waals surface area contributed by atoms with Crippen LogP contribution >= 0.6 is 0 Å². The van der Waals surface area contributed by atoms with Crippen LogP contribution < -0.4 is 10.1 Å². The molecule has 3 nitrogen and oxygen atoms in total. The van der Waals surface area contributed by atoms with E-state index in [0.717, 1.165) is 6.07 Å². The summed E-state index contributed by atoms with van der Waals surface area (Å²) in [5.41, 5.74) is -0.247. The Kier molecular flexibility index (Phi) is 2.30. The fourth-order valence-corrected chi connectivity index (χ4v) is 1.48. The van der Waals surface area contributed by atoms with Crippen molar-refractivity contribution >= 4 is 0 Å². The van der Waals surface area contributed by atoms with Crippen molar-refractivity contribution in [3.8, 4) is 5.88 Å². The number of nitrogens with one attached hydrogen (secondary N) is 1. The van der Waals surface area contributed by atoms with Gasteiger partial charge in [0.1, 0.15) is 12.3 Å². The molecule has 0 radical (unpaired) electrons. The van der Waals surface area contributed by atoms with Crippen LogP contribution in [0.25, 0.3) is 0 Å². The molecule has 1 aromatic heterocycles. The quantitative estimate of drug-likeness (QED) is 0.779. The molecule has 0 saturated heterocycles. The van der Waals surface area contributed by atoms with Crippen molar-refractivity contribution in [1.29, 1.82) is 0 Å². The number of rotatable bonds is 1. The van der Waals surface area contributed by atoms with Crippen molar-refractivity contribution < 1.29 is 17.9 Å².